The number of hydrogen-bond acceptors (Lipinski definition) is 5. The first-order valence-electron chi connectivity index (χ1n) is 9.07. The second-order valence-corrected chi connectivity index (χ2v) is 7.48. The first-order chi connectivity index (χ1) is 11.7. The molecule has 5 heteroatoms. The third-order valence-electron chi connectivity index (χ3n) is 4.80. The molecule has 1 fully saturated rings. The van der Waals surface area contributed by atoms with Gasteiger partial charge in [-0.25, -0.2) is 9.97 Å². The molecule has 0 aromatic carbocycles. The van der Waals surface area contributed by atoms with Crippen molar-refractivity contribution in [2.45, 2.75) is 58.5 Å². The van der Waals surface area contributed by atoms with Crippen LogP contribution in [0.4, 0.5) is 5.95 Å². The van der Waals surface area contributed by atoms with E-state index >= 15 is 0 Å². The summed E-state index contributed by atoms with van der Waals surface area (Å²) in [5.41, 5.74) is 3.62. The van der Waals surface area contributed by atoms with Crippen molar-refractivity contribution in [3.8, 4) is 0 Å². The molecule has 3 rings (SSSR count). The summed E-state index contributed by atoms with van der Waals surface area (Å²) in [6, 6.07) is 2.42. The lowest BCUT2D eigenvalue weighted by Gasteiger charge is -2.25. The molecule has 0 saturated carbocycles. The molecule has 130 valence electrons. The fraction of sp³-hybridized carbons (Fsp3) is 0.579. The second-order valence-electron chi connectivity index (χ2n) is 6.70. The summed E-state index contributed by atoms with van der Waals surface area (Å²) in [6.45, 7) is 7.36. The Bertz CT molecular complexity index is 618. The maximum atomic E-state index is 4.81. The zero-order valence-corrected chi connectivity index (χ0v) is 15.6. The van der Waals surface area contributed by atoms with Crippen LogP contribution in [0.25, 0.3) is 0 Å². The minimum absolute atomic E-state index is 0.256. The smallest absolute Gasteiger partial charge is 0.225 e. The predicted octanol–water partition coefficient (Wildman–Crippen LogP) is 4.47. The van der Waals surface area contributed by atoms with E-state index in [1.165, 1.54) is 43.2 Å². The molecule has 0 bridgehead atoms. The highest BCUT2D eigenvalue weighted by Gasteiger charge is 2.15. The Hall–Kier alpha value is -1.46. The van der Waals surface area contributed by atoms with Gasteiger partial charge in [-0.2, -0.15) is 11.3 Å². The molecule has 2 aromatic rings. The first-order valence-corrected chi connectivity index (χ1v) is 10.0. The quantitative estimate of drug-likeness (QED) is 0.869. The van der Waals surface area contributed by atoms with E-state index in [4.69, 9.17) is 4.98 Å². The van der Waals surface area contributed by atoms with Gasteiger partial charge in [0, 0.05) is 43.1 Å². The molecule has 0 spiro atoms. The highest BCUT2D eigenvalue weighted by atomic mass is 32.1. The number of aromatic nitrogens is 2. The maximum absolute atomic E-state index is 4.81. The minimum atomic E-state index is 0.256. The molecular weight excluding hydrogens is 316 g/mol. The largest absolute Gasteiger partial charge is 0.341 e. The molecule has 4 nitrogen and oxygen atoms in total. The van der Waals surface area contributed by atoms with Crippen LogP contribution in [0.1, 0.15) is 61.9 Å². The van der Waals surface area contributed by atoms with Gasteiger partial charge < -0.3 is 10.2 Å². The van der Waals surface area contributed by atoms with Gasteiger partial charge in [0.15, 0.2) is 0 Å². The summed E-state index contributed by atoms with van der Waals surface area (Å²) < 4.78 is 0. The summed E-state index contributed by atoms with van der Waals surface area (Å²) in [5, 5.41) is 7.88. The third kappa shape index (κ3) is 4.54. The van der Waals surface area contributed by atoms with Crippen molar-refractivity contribution >= 4 is 17.3 Å². The number of thiophene rings is 1. The molecule has 1 saturated heterocycles. The zero-order valence-electron chi connectivity index (χ0n) is 14.8. The van der Waals surface area contributed by atoms with E-state index in [2.05, 4.69) is 45.9 Å². The summed E-state index contributed by atoms with van der Waals surface area (Å²) in [5.74, 6) is 0.906. The number of nitrogens with zero attached hydrogens (tertiary/aromatic N) is 3. The highest BCUT2D eigenvalue weighted by molar-refractivity contribution is 7.07. The molecule has 24 heavy (non-hydrogen) atoms. The van der Waals surface area contributed by atoms with Crippen LogP contribution in [0.2, 0.25) is 0 Å². The Balaban J connectivity index is 1.64. The maximum Gasteiger partial charge on any atom is 0.225 e. The first kappa shape index (κ1) is 17.4. The lowest BCUT2D eigenvalue weighted by molar-refractivity contribution is 0.546. The van der Waals surface area contributed by atoms with Crippen molar-refractivity contribution < 1.29 is 0 Å². The van der Waals surface area contributed by atoms with Crippen LogP contribution in [0.5, 0.6) is 0 Å². The summed E-state index contributed by atoms with van der Waals surface area (Å²) in [6.07, 6.45) is 8.56. The summed E-state index contributed by atoms with van der Waals surface area (Å²) in [4.78, 5) is 11.9. The molecule has 2 aromatic heterocycles. The van der Waals surface area contributed by atoms with Gasteiger partial charge in [-0.05, 0) is 49.1 Å². The average Bonchev–Trinajstić information content (AvgIpc) is 3.05. The van der Waals surface area contributed by atoms with Crippen LogP contribution in [0.3, 0.4) is 0 Å². The second kappa shape index (κ2) is 8.58. The fourth-order valence-electron chi connectivity index (χ4n) is 3.26. The Morgan fingerprint density at radius 3 is 2.62 bits per heavy atom. The molecule has 1 aliphatic heterocycles. The molecule has 1 atom stereocenters. The van der Waals surface area contributed by atoms with E-state index < -0.39 is 0 Å². The number of anilines is 1. The molecule has 1 aliphatic rings. The Kier molecular flexibility index (Phi) is 6.21. The summed E-state index contributed by atoms with van der Waals surface area (Å²) in [7, 11) is 0. The molecule has 1 unspecified atom stereocenters. The van der Waals surface area contributed by atoms with Gasteiger partial charge in [0.25, 0.3) is 0 Å². The Morgan fingerprint density at radius 2 is 1.96 bits per heavy atom. The van der Waals surface area contributed by atoms with Crippen molar-refractivity contribution in [2.75, 3.05) is 18.0 Å². The van der Waals surface area contributed by atoms with E-state index in [-0.39, 0.29) is 6.04 Å². The lowest BCUT2D eigenvalue weighted by Crippen LogP contribution is -2.29. The number of nitrogens with one attached hydrogen (secondary N) is 1. The Labute approximate surface area is 149 Å². The van der Waals surface area contributed by atoms with Crippen molar-refractivity contribution in [1.29, 1.82) is 0 Å². The average molecular weight is 345 g/mol. The van der Waals surface area contributed by atoms with Crippen molar-refractivity contribution in [3.05, 3.63) is 39.8 Å². The van der Waals surface area contributed by atoms with Gasteiger partial charge in [-0.3, -0.25) is 0 Å². The van der Waals surface area contributed by atoms with Gasteiger partial charge in [-0.1, -0.05) is 19.3 Å². The van der Waals surface area contributed by atoms with E-state index in [9.17, 15) is 0 Å². The van der Waals surface area contributed by atoms with Crippen LogP contribution in [-0.2, 0) is 6.54 Å². The van der Waals surface area contributed by atoms with Gasteiger partial charge in [0.2, 0.25) is 5.95 Å². The molecule has 0 aliphatic carbocycles. The minimum Gasteiger partial charge on any atom is -0.341 e. The van der Waals surface area contributed by atoms with E-state index in [0.717, 1.165) is 31.3 Å². The normalized spacial score (nSPS) is 17.3. The van der Waals surface area contributed by atoms with Crippen LogP contribution in [-0.4, -0.2) is 23.1 Å². The molecule has 0 radical (unpaired) electrons. The predicted molar refractivity (Wildman–Crippen MR) is 102 cm³/mol. The number of aryl methyl sites for hydroxylation is 1. The van der Waals surface area contributed by atoms with E-state index in [1.54, 1.807) is 11.3 Å². The summed E-state index contributed by atoms with van der Waals surface area (Å²) >= 11 is 1.74. The fourth-order valence-corrected chi connectivity index (χ4v) is 3.93. The van der Waals surface area contributed by atoms with Gasteiger partial charge >= 0.3 is 0 Å². The van der Waals surface area contributed by atoms with E-state index in [1.807, 2.05) is 6.20 Å². The van der Waals surface area contributed by atoms with Gasteiger partial charge in [0.1, 0.15) is 0 Å². The van der Waals surface area contributed by atoms with Crippen molar-refractivity contribution in [3.63, 3.8) is 0 Å². The lowest BCUT2D eigenvalue weighted by atomic mass is 10.1. The highest BCUT2D eigenvalue weighted by Crippen LogP contribution is 2.20. The molecular formula is C19H28N4S. The van der Waals surface area contributed by atoms with Crippen molar-refractivity contribution in [1.82, 2.24) is 15.3 Å². The van der Waals surface area contributed by atoms with Gasteiger partial charge in [0.05, 0.1) is 0 Å². The molecule has 1 N–H and O–H groups in total. The zero-order chi connectivity index (χ0) is 16.8. The van der Waals surface area contributed by atoms with Gasteiger partial charge in [-0.15, -0.1) is 0 Å². The van der Waals surface area contributed by atoms with E-state index in [0.29, 0.717) is 0 Å². The molecule has 3 heterocycles. The van der Waals surface area contributed by atoms with Crippen molar-refractivity contribution in [2.24, 2.45) is 0 Å². The SMILES string of the molecule is Cc1nc(N2CCCCCCC2)ncc1C(C)NCc1ccsc1. The monoisotopic (exact) mass is 344 g/mol. The standard InChI is InChI=1S/C19H28N4S/c1-15(20-12-17-8-11-24-14-17)18-13-21-19(22-16(18)2)23-9-6-4-3-5-7-10-23/h8,11,13-15,20H,3-7,9-10,12H2,1-2H3. The molecule has 0 amide bonds. The number of hydrogen-bond donors (Lipinski definition) is 1. The third-order valence-corrected chi connectivity index (χ3v) is 5.53. The number of rotatable bonds is 5. The van der Waals surface area contributed by atoms with Crippen LogP contribution < -0.4 is 10.2 Å². The topological polar surface area (TPSA) is 41.1 Å². The van der Waals surface area contributed by atoms with Crippen LogP contribution in [0.15, 0.2) is 23.0 Å². The Morgan fingerprint density at radius 1 is 1.21 bits per heavy atom. The van der Waals surface area contributed by atoms with Crippen LogP contribution >= 0.6 is 11.3 Å². The van der Waals surface area contributed by atoms with Crippen LogP contribution in [0, 0.1) is 6.92 Å².